The Morgan fingerprint density at radius 2 is 2.16 bits per heavy atom. The number of ether oxygens (including phenoxy) is 2. The number of hydrogen-bond donors (Lipinski definition) is 0. The molecule has 3 rings (SSSR count). The van der Waals surface area contributed by atoms with E-state index in [1.54, 1.807) is 0 Å². The van der Waals surface area contributed by atoms with E-state index in [-0.39, 0.29) is 5.91 Å². The predicted molar refractivity (Wildman–Crippen MR) is 75.3 cm³/mol. The van der Waals surface area contributed by atoms with Crippen LogP contribution in [0.5, 0.6) is 11.5 Å². The number of piperidine rings is 1. The van der Waals surface area contributed by atoms with Crippen LogP contribution in [0.3, 0.4) is 0 Å². The highest BCUT2D eigenvalue weighted by Crippen LogP contribution is 2.34. The lowest BCUT2D eigenvalue weighted by molar-refractivity contribution is 0.0719. The topological polar surface area (TPSA) is 38.8 Å². The summed E-state index contributed by atoms with van der Waals surface area (Å²) in [6.07, 6.45) is 2.16. The van der Waals surface area contributed by atoms with Gasteiger partial charge in [0.15, 0.2) is 11.5 Å². The summed E-state index contributed by atoms with van der Waals surface area (Å²) in [5.41, 5.74) is 0.610. The van der Waals surface area contributed by atoms with Crippen LogP contribution in [0.4, 0.5) is 0 Å². The number of amides is 1. The second kappa shape index (κ2) is 5.41. The highest BCUT2D eigenvalue weighted by molar-refractivity contribution is 9.09. The van der Waals surface area contributed by atoms with Gasteiger partial charge in [0, 0.05) is 17.9 Å². The van der Waals surface area contributed by atoms with Crippen LogP contribution in [0.1, 0.15) is 23.2 Å². The number of rotatable bonds is 1. The van der Waals surface area contributed by atoms with E-state index in [9.17, 15) is 4.79 Å². The van der Waals surface area contributed by atoms with Crippen LogP contribution >= 0.6 is 15.9 Å². The monoisotopic (exact) mass is 325 g/mol. The highest BCUT2D eigenvalue weighted by atomic mass is 79.9. The Balaban J connectivity index is 1.87. The van der Waals surface area contributed by atoms with Crippen LogP contribution in [-0.2, 0) is 0 Å². The molecule has 1 saturated heterocycles. The van der Waals surface area contributed by atoms with Gasteiger partial charge in [-0.3, -0.25) is 4.79 Å². The van der Waals surface area contributed by atoms with E-state index in [0.717, 1.165) is 25.9 Å². The van der Waals surface area contributed by atoms with Crippen LogP contribution < -0.4 is 9.47 Å². The zero-order valence-corrected chi connectivity index (χ0v) is 12.2. The fraction of sp³-hybridized carbons (Fsp3) is 0.500. The van der Waals surface area contributed by atoms with Gasteiger partial charge >= 0.3 is 0 Å². The average Bonchev–Trinajstić information content (AvgIpc) is 2.46. The second-order valence-corrected chi connectivity index (χ2v) is 6.12. The number of carbonyl (C=O) groups is 1. The van der Waals surface area contributed by atoms with Crippen molar-refractivity contribution < 1.29 is 14.3 Å². The Labute approximate surface area is 120 Å². The minimum Gasteiger partial charge on any atom is -0.486 e. The first-order chi connectivity index (χ1) is 9.25. The number of likely N-dealkylation sites (tertiary alicyclic amines) is 1. The van der Waals surface area contributed by atoms with Crippen molar-refractivity contribution in [3.63, 3.8) is 0 Å². The zero-order chi connectivity index (χ0) is 13.2. The third-order valence-electron chi connectivity index (χ3n) is 3.45. The van der Waals surface area contributed by atoms with E-state index in [1.165, 1.54) is 0 Å². The Hall–Kier alpha value is -1.23. The molecule has 0 radical (unpaired) electrons. The lowest BCUT2D eigenvalue weighted by atomic mass is 10.1. The van der Waals surface area contributed by atoms with Gasteiger partial charge in [0.05, 0.1) is 5.56 Å². The molecule has 0 N–H and O–H groups in total. The summed E-state index contributed by atoms with van der Waals surface area (Å²) < 4.78 is 11.1. The smallest absolute Gasteiger partial charge is 0.257 e. The standard InChI is InChI=1S/C14H16BrNO3/c15-10-3-2-6-16(9-10)14(17)11-4-1-5-12-13(11)19-8-7-18-12/h1,4-5,10H,2-3,6-9H2. The van der Waals surface area contributed by atoms with Gasteiger partial charge in [-0.1, -0.05) is 22.0 Å². The number of para-hydroxylation sites is 1. The first-order valence-electron chi connectivity index (χ1n) is 6.57. The van der Waals surface area contributed by atoms with Gasteiger partial charge in [-0.25, -0.2) is 0 Å². The van der Waals surface area contributed by atoms with Crippen LogP contribution in [0, 0.1) is 0 Å². The molecular weight excluding hydrogens is 310 g/mol. The fourth-order valence-electron chi connectivity index (χ4n) is 2.52. The molecular formula is C14H16BrNO3. The van der Waals surface area contributed by atoms with E-state index in [2.05, 4.69) is 15.9 Å². The summed E-state index contributed by atoms with van der Waals surface area (Å²) in [4.78, 5) is 14.9. The summed E-state index contributed by atoms with van der Waals surface area (Å²) in [6.45, 7) is 2.60. The van der Waals surface area contributed by atoms with Gasteiger partial charge in [0.1, 0.15) is 13.2 Å². The normalized spacial score (nSPS) is 22.2. The molecule has 19 heavy (non-hydrogen) atoms. The summed E-state index contributed by atoms with van der Waals surface area (Å²) >= 11 is 3.59. The van der Waals surface area contributed by atoms with Gasteiger partial charge in [-0.2, -0.15) is 0 Å². The molecule has 2 aliphatic heterocycles. The Morgan fingerprint density at radius 3 is 3.00 bits per heavy atom. The maximum Gasteiger partial charge on any atom is 0.257 e. The number of carbonyl (C=O) groups excluding carboxylic acids is 1. The minimum atomic E-state index is 0.0338. The number of nitrogens with zero attached hydrogens (tertiary/aromatic N) is 1. The molecule has 0 saturated carbocycles. The van der Waals surface area contributed by atoms with Crippen molar-refractivity contribution in [1.29, 1.82) is 0 Å². The zero-order valence-electron chi connectivity index (χ0n) is 10.6. The maximum absolute atomic E-state index is 12.6. The lowest BCUT2D eigenvalue weighted by Gasteiger charge is -2.31. The third-order valence-corrected chi connectivity index (χ3v) is 4.20. The Kier molecular flexibility index (Phi) is 3.64. The first-order valence-corrected chi connectivity index (χ1v) is 7.49. The van der Waals surface area contributed by atoms with Crippen molar-refractivity contribution in [1.82, 2.24) is 4.90 Å². The molecule has 0 bridgehead atoms. The van der Waals surface area contributed by atoms with E-state index in [4.69, 9.17) is 9.47 Å². The molecule has 2 aliphatic rings. The van der Waals surface area contributed by atoms with E-state index in [0.29, 0.717) is 35.1 Å². The summed E-state index contributed by atoms with van der Waals surface area (Å²) in [5, 5.41) is 0. The summed E-state index contributed by atoms with van der Waals surface area (Å²) in [6, 6.07) is 5.50. The van der Waals surface area contributed by atoms with Crippen molar-refractivity contribution in [3.8, 4) is 11.5 Å². The first kappa shape index (κ1) is 12.8. The molecule has 0 aromatic heterocycles. The van der Waals surface area contributed by atoms with Crippen molar-refractivity contribution >= 4 is 21.8 Å². The van der Waals surface area contributed by atoms with Crippen LogP contribution in [-0.4, -0.2) is 41.9 Å². The molecule has 5 heteroatoms. The van der Waals surface area contributed by atoms with E-state index >= 15 is 0 Å². The molecule has 2 heterocycles. The molecule has 4 nitrogen and oxygen atoms in total. The number of hydrogen-bond acceptors (Lipinski definition) is 3. The molecule has 0 aliphatic carbocycles. The molecule has 102 valence electrons. The molecule has 1 unspecified atom stereocenters. The van der Waals surface area contributed by atoms with Gasteiger partial charge in [0.25, 0.3) is 5.91 Å². The maximum atomic E-state index is 12.6. The molecule has 1 aromatic rings. The molecule has 1 aromatic carbocycles. The van der Waals surface area contributed by atoms with E-state index < -0.39 is 0 Å². The van der Waals surface area contributed by atoms with Gasteiger partial charge in [0.2, 0.25) is 0 Å². The predicted octanol–water partition coefficient (Wildman–Crippen LogP) is 2.46. The number of alkyl halides is 1. The van der Waals surface area contributed by atoms with Crippen molar-refractivity contribution in [3.05, 3.63) is 23.8 Å². The third kappa shape index (κ3) is 2.56. The van der Waals surface area contributed by atoms with Crippen LogP contribution in [0.25, 0.3) is 0 Å². The molecule has 1 amide bonds. The molecule has 1 atom stereocenters. The van der Waals surface area contributed by atoms with Gasteiger partial charge < -0.3 is 14.4 Å². The van der Waals surface area contributed by atoms with E-state index in [1.807, 2.05) is 23.1 Å². The summed E-state index contributed by atoms with van der Waals surface area (Å²) in [7, 11) is 0. The second-order valence-electron chi connectivity index (χ2n) is 4.82. The summed E-state index contributed by atoms with van der Waals surface area (Å²) in [5.74, 6) is 1.30. The fourth-order valence-corrected chi connectivity index (χ4v) is 3.20. The average molecular weight is 326 g/mol. The lowest BCUT2D eigenvalue weighted by Crippen LogP contribution is -2.40. The highest BCUT2D eigenvalue weighted by Gasteiger charge is 2.27. The minimum absolute atomic E-state index is 0.0338. The Bertz CT molecular complexity index is 492. The van der Waals surface area contributed by atoms with Gasteiger partial charge in [-0.05, 0) is 25.0 Å². The van der Waals surface area contributed by atoms with Crippen LogP contribution in [0.15, 0.2) is 18.2 Å². The molecule has 0 spiro atoms. The largest absolute Gasteiger partial charge is 0.486 e. The van der Waals surface area contributed by atoms with Crippen molar-refractivity contribution in [2.45, 2.75) is 17.7 Å². The Morgan fingerprint density at radius 1 is 1.32 bits per heavy atom. The number of fused-ring (bicyclic) bond motifs is 1. The van der Waals surface area contributed by atoms with Gasteiger partial charge in [-0.15, -0.1) is 0 Å². The van der Waals surface area contributed by atoms with Crippen LogP contribution in [0.2, 0.25) is 0 Å². The van der Waals surface area contributed by atoms with Crippen molar-refractivity contribution in [2.75, 3.05) is 26.3 Å². The molecule has 1 fully saturated rings. The number of benzene rings is 1. The number of halogens is 1. The van der Waals surface area contributed by atoms with Crippen molar-refractivity contribution in [2.24, 2.45) is 0 Å². The SMILES string of the molecule is O=C(c1cccc2c1OCCO2)N1CCCC(Br)C1. The quantitative estimate of drug-likeness (QED) is 0.744.